The molecule has 184 valence electrons. The first-order valence-corrected chi connectivity index (χ1v) is 11.9. The van der Waals surface area contributed by atoms with Gasteiger partial charge in [-0.25, -0.2) is 8.42 Å². The van der Waals surface area contributed by atoms with Crippen molar-refractivity contribution in [1.82, 2.24) is 0 Å². The molecule has 11 heteroatoms. The number of nitro groups is 1. The highest BCUT2D eigenvalue weighted by atomic mass is 32.2. The minimum atomic E-state index is -4.36. The maximum atomic E-state index is 13.6. The summed E-state index contributed by atoms with van der Waals surface area (Å²) in [5.74, 6) is 0.276. The van der Waals surface area contributed by atoms with Gasteiger partial charge in [0.25, 0.3) is 15.7 Å². The van der Waals surface area contributed by atoms with Crippen LogP contribution in [0.15, 0.2) is 65.6 Å². The molecule has 1 amide bonds. The van der Waals surface area contributed by atoms with Gasteiger partial charge >= 0.3 is 0 Å². The van der Waals surface area contributed by atoms with Gasteiger partial charge in [-0.1, -0.05) is 12.1 Å². The minimum Gasteiger partial charge on any atom is -0.497 e. The predicted molar refractivity (Wildman–Crippen MR) is 132 cm³/mol. The number of nitro benzene ring substituents is 1. The zero-order valence-electron chi connectivity index (χ0n) is 19.6. The first-order valence-electron chi connectivity index (χ1n) is 10.4. The highest BCUT2D eigenvalue weighted by Crippen LogP contribution is 2.30. The van der Waals surface area contributed by atoms with Crippen LogP contribution >= 0.6 is 0 Å². The van der Waals surface area contributed by atoms with Crippen LogP contribution in [0.4, 0.5) is 17.1 Å². The number of hydrogen-bond acceptors (Lipinski definition) is 7. The molecule has 1 N–H and O–H groups in total. The first-order chi connectivity index (χ1) is 16.6. The second-order valence-electron chi connectivity index (χ2n) is 7.67. The van der Waals surface area contributed by atoms with Crippen LogP contribution in [0.3, 0.4) is 0 Å². The smallest absolute Gasteiger partial charge is 0.273 e. The van der Waals surface area contributed by atoms with Crippen LogP contribution in [-0.4, -0.2) is 40.0 Å². The van der Waals surface area contributed by atoms with E-state index in [9.17, 15) is 23.3 Å². The molecule has 0 aliphatic carbocycles. The summed E-state index contributed by atoms with van der Waals surface area (Å²) >= 11 is 0. The highest BCUT2D eigenvalue weighted by Gasteiger charge is 2.29. The number of carbonyl (C=O) groups excluding carboxylic acids is 1. The van der Waals surface area contributed by atoms with E-state index in [2.05, 4.69) is 5.32 Å². The highest BCUT2D eigenvalue weighted by molar-refractivity contribution is 7.92. The van der Waals surface area contributed by atoms with Crippen LogP contribution in [0.2, 0.25) is 0 Å². The maximum Gasteiger partial charge on any atom is 0.273 e. The number of aryl methyl sites for hydroxylation is 2. The number of ether oxygens (including phenoxy) is 2. The van der Waals surface area contributed by atoms with E-state index in [0.717, 1.165) is 15.9 Å². The van der Waals surface area contributed by atoms with Crippen molar-refractivity contribution in [3.8, 4) is 11.5 Å². The molecule has 0 aliphatic rings. The zero-order chi connectivity index (χ0) is 25.8. The van der Waals surface area contributed by atoms with Gasteiger partial charge in [-0.15, -0.1) is 0 Å². The van der Waals surface area contributed by atoms with Crippen LogP contribution in [0.25, 0.3) is 0 Å². The second-order valence-corrected chi connectivity index (χ2v) is 9.53. The van der Waals surface area contributed by atoms with E-state index in [4.69, 9.17) is 9.47 Å². The van der Waals surface area contributed by atoms with Gasteiger partial charge in [0.2, 0.25) is 5.91 Å². The number of sulfonamides is 1. The molecule has 3 aromatic carbocycles. The number of benzene rings is 3. The Morgan fingerprint density at radius 3 is 2.29 bits per heavy atom. The fraction of sp³-hybridized carbons (Fsp3) is 0.208. The molecule has 0 saturated heterocycles. The molecule has 10 nitrogen and oxygen atoms in total. The van der Waals surface area contributed by atoms with Gasteiger partial charge < -0.3 is 14.8 Å². The Bertz CT molecular complexity index is 1360. The van der Waals surface area contributed by atoms with Crippen LogP contribution in [-0.2, 0) is 14.8 Å². The largest absolute Gasteiger partial charge is 0.497 e. The lowest BCUT2D eigenvalue weighted by atomic mass is 10.2. The maximum absolute atomic E-state index is 13.6. The van der Waals surface area contributed by atoms with Gasteiger partial charge in [0, 0.05) is 11.6 Å². The summed E-state index contributed by atoms with van der Waals surface area (Å²) in [6.45, 7) is 2.76. The molecule has 0 atom stereocenters. The van der Waals surface area contributed by atoms with E-state index >= 15 is 0 Å². The Hall–Kier alpha value is -4.12. The van der Waals surface area contributed by atoms with E-state index < -0.39 is 27.4 Å². The molecule has 0 unspecified atom stereocenters. The number of rotatable bonds is 9. The van der Waals surface area contributed by atoms with E-state index in [0.29, 0.717) is 22.7 Å². The van der Waals surface area contributed by atoms with Crippen LogP contribution in [0.5, 0.6) is 11.5 Å². The van der Waals surface area contributed by atoms with E-state index in [-0.39, 0.29) is 16.3 Å². The number of carbonyl (C=O) groups is 1. The van der Waals surface area contributed by atoms with E-state index in [1.54, 1.807) is 24.3 Å². The number of anilines is 2. The molecular weight excluding hydrogens is 474 g/mol. The number of nitrogens with one attached hydrogen (secondary N) is 1. The Balaban J connectivity index is 2.03. The predicted octanol–water partition coefficient (Wildman–Crippen LogP) is 4.06. The molecule has 0 radical (unpaired) electrons. The van der Waals surface area contributed by atoms with Gasteiger partial charge in [-0.3, -0.25) is 19.2 Å². The Morgan fingerprint density at radius 2 is 1.69 bits per heavy atom. The van der Waals surface area contributed by atoms with Crippen molar-refractivity contribution in [2.75, 3.05) is 30.4 Å². The van der Waals surface area contributed by atoms with Crippen molar-refractivity contribution < 1.29 is 27.6 Å². The van der Waals surface area contributed by atoms with Gasteiger partial charge in [-0.2, -0.15) is 0 Å². The number of methoxy groups -OCH3 is 2. The monoisotopic (exact) mass is 499 g/mol. The van der Waals surface area contributed by atoms with Crippen molar-refractivity contribution in [2.45, 2.75) is 18.7 Å². The number of nitrogens with zero attached hydrogens (tertiary/aromatic N) is 2. The van der Waals surface area contributed by atoms with Gasteiger partial charge in [0.05, 0.1) is 35.4 Å². The SMILES string of the molecule is COc1ccc(N(CC(=O)Nc2cc(C)ccc2OC)S(=O)(=O)c2ccc(C)c([N+](=O)[O-])c2)cc1. The molecule has 0 aromatic heterocycles. The minimum absolute atomic E-state index is 0.181. The van der Waals surface area contributed by atoms with Crippen LogP contribution < -0.4 is 19.1 Å². The van der Waals surface area contributed by atoms with Gasteiger partial charge in [0.1, 0.15) is 18.0 Å². The Morgan fingerprint density at radius 1 is 1.00 bits per heavy atom. The fourth-order valence-corrected chi connectivity index (χ4v) is 4.82. The molecule has 0 heterocycles. The summed E-state index contributed by atoms with van der Waals surface area (Å²) in [6, 6.07) is 14.9. The van der Waals surface area contributed by atoms with Crippen molar-refractivity contribution in [3.05, 3.63) is 81.9 Å². The van der Waals surface area contributed by atoms with E-state index in [1.807, 2.05) is 13.0 Å². The van der Waals surface area contributed by atoms with Gasteiger partial charge in [0.15, 0.2) is 0 Å². The van der Waals surface area contributed by atoms with Crippen molar-refractivity contribution in [2.24, 2.45) is 0 Å². The topological polar surface area (TPSA) is 128 Å². The molecule has 0 bridgehead atoms. The lowest BCUT2D eigenvalue weighted by molar-refractivity contribution is -0.385. The normalized spacial score (nSPS) is 11.0. The molecular formula is C24H25N3O7S. The van der Waals surface area contributed by atoms with Crippen molar-refractivity contribution in [3.63, 3.8) is 0 Å². The lowest BCUT2D eigenvalue weighted by Crippen LogP contribution is -2.38. The molecule has 35 heavy (non-hydrogen) atoms. The van der Waals surface area contributed by atoms with Crippen LogP contribution in [0, 0.1) is 24.0 Å². The van der Waals surface area contributed by atoms with Crippen molar-refractivity contribution >= 4 is 33.0 Å². The molecule has 0 saturated carbocycles. The fourth-order valence-electron chi connectivity index (χ4n) is 3.38. The molecule has 3 aromatic rings. The summed E-state index contributed by atoms with van der Waals surface area (Å²) in [6.07, 6.45) is 0. The number of amides is 1. The second kappa shape index (κ2) is 10.4. The van der Waals surface area contributed by atoms with Crippen LogP contribution in [0.1, 0.15) is 11.1 Å². The molecule has 0 aliphatic heterocycles. The third-order valence-corrected chi connectivity index (χ3v) is 7.01. The molecule has 0 spiro atoms. The lowest BCUT2D eigenvalue weighted by Gasteiger charge is -2.24. The Labute approximate surface area is 203 Å². The molecule has 3 rings (SSSR count). The average molecular weight is 500 g/mol. The van der Waals surface area contributed by atoms with Gasteiger partial charge in [-0.05, 0) is 61.9 Å². The molecule has 0 fully saturated rings. The third kappa shape index (κ3) is 5.69. The first kappa shape index (κ1) is 25.5. The van der Waals surface area contributed by atoms with Crippen molar-refractivity contribution in [1.29, 1.82) is 0 Å². The average Bonchev–Trinajstić information content (AvgIpc) is 2.82. The summed E-state index contributed by atoms with van der Waals surface area (Å²) in [5, 5.41) is 14.1. The zero-order valence-corrected chi connectivity index (χ0v) is 20.5. The third-order valence-electron chi connectivity index (χ3n) is 5.24. The number of hydrogen-bond donors (Lipinski definition) is 1. The summed E-state index contributed by atoms with van der Waals surface area (Å²) in [5.41, 5.74) is 1.41. The summed E-state index contributed by atoms with van der Waals surface area (Å²) < 4.78 is 38.5. The Kier molecular flexibility index (Phi) is 7.60. The van der Waals surface area contributed by atoms with E-state index in [1.165, 1.54) is 45.4 Å². The summed E-state index contributed by atoms with van der Waals surface area (Å²) in [4.78, 5) is 23.4. The quantitative estimate of drug-likeness (QED) is 0.347. The standard InChI is InChI=1S/C24H25N3O7S/c1-16-5-12-23(34-4)21(13-16)25-24(28)15-26(18-7-9-19(33-3)10-8-18)35(31,32)20-11-6-17(2)22(14-20)27(29)30/h5-14H,15H2,1-4H3,(H,25,28). The summed E-state index contributed by atoms with van der Waals surface area (Å²) in [7, 11) is -1.43.